The summed E-state index contributed by atoms with van der Waals surface area (Å²) in [7, 11) is 0. The van der Waals surface area contributed by atoms with Gasteiger partial charge in [-0.05, 0) is 35.6 Å². The molecule has 4 nitrogen and oxygen atoms in total. The first kappa shape index (κ1) is 36.4. The van der Waals surface area contributed by atoms with Gasteiger partial charge in [0.1, 0.15) is 0 Å². The van der Waals surface area contributed by atoms with Crippen molar-refractivity contribution in [3.8, 4) is 0 Å². The molecule has 4 aromatic rings. The predicted molar refractivity (Wildman–Crippen MR) is 162 cm³/mol. The molecule has 0 atom stereocenters. The molecule has 4 aromatic carbocycles. The second kappa shape index (κ2) is 20.2. The van der Waals surface area contributed by atoms with Crippen molar-refractivity contribution in [1.29, 1.82) is 0 Å². The van der Waals surface area contributed by atoms with Gasteiger partial charge in [0.05, 0.1) is 0 Å². The minimum Gasteiger partial charge on any atom is -0.373 e. The van der Waals surface area contributed by atoms with Crippen molar-refractivity contribution in [2.45, 2.75) is 12.8 Å². The van der Waals surface area contributed by atoms with Crippen LogP contribution < -0.4 is 10.6 Å². The number of benzene rings is 4. The second-order valence-electron chi connectivity index (χ2n) is 8.74. The molecule has 2 amide bonds. The van der Waals surface area contributed by atoms with Crippen LogP contribution >= 0.6 is 0 Å². The molecule has 6 rings (SSSR count). The van der Waals surface area contributed by atoms with Crippen molar-refractivity contribution >= 4 is 23.2 Å². The van der Waals surface area contributed by atoms with Gasteiger partial charge in [0.25, 0.3) is 0 Å². The normalized spacial score (nSPS) is 11.5. The van der Waals surface area contributed by atoms with E-state index in [2.05, 4.69) is 47.1 Å². The zero-order chi connectivity index (χ0) is 31.6. The van der Waals surface area contributed by atoms with Crippen molar-refractivity contribution in [3.05, 3.63) is 180 Å². The number of anilines is 2. The Labute approximate surface area is 274 Å². The van der Waals surface area contributed by atoms with E-state index in [1.165, 1.54) is 0 Å². The summed E-state index contributed by atoms with van der Waals surface area (Å²) in [6, 6.07) is 24.3. The summed E-state index contributed by atoms with van der Waals surface area (Å²) in [5, 5.41) is 4.56. The maximum absolute atomic E-state index is 13.2. The number of halogens is 4. The Morgan fingerprint density at radius 2 is 0.978 bits per heavy atom. The second-order valence-corrected chi connectivity index (χ2v) is 8.74. The van der Waals surface area contributed by atoms with Crippen molar-refractivity contribution in [3.63, 3.8) is 0 Å². The van der Waals surface area contributed by atoms with E-state index < -0.39 is 35.1 Å². The minimum absolute atomic E-state index is 0. The van der Waals surface area contributed by atoms with Crippen LogP contribution in [0.25, 0.3) is 0 Å². The van der Waals surface area contributed by atoms with Crippen molar-refractivity contribution in [2.24, 2.45) is 0 Å². The quantitative estimate of drug-likeness (QED) is 0.133. The third-order valence-corrected chi connectivity index (χ3v) is 5.45. The van der Waals surface area contributed by atoms with Crippen molar-refractivity contribution in [1.82, 2.24) is 0 Å². The zero-order valence-electron chi connectivity index (χ0n) is 23.8. The van der Waals surface area contributed by atoms with E-state index in [4.69, 9.17) is 0 Å². The molecular formula is C36H26F4N2O2Ti. The first-order valence-corrected chi connectivity index (χ1v) is 13.2. The van der Waals surface area contributed by atoms with Gasteiger partial charge in [0, 0.05) is 34.4 Å². The number of nitrogens with one attached hydrogen (secondary N) is 2. The molecule has 0 radical (unpaired) electrons. The summed E-state index contributed by atoms with van der Waals surface area (Å²) < 4.78 is 52.1. The minimum atomic E-state index is -0.796. The van der Waals surface area contributed by atoms with Crippen LogP contribution in [-0.2, 0) is 21.7 Å². The van der Waals surface area contributed by atoms with Crippen LogP contribution in [0.1, 0.15) is 33.6 Å². The van der Waals surface area contributed by atoms with Crippen LogP contribution in [0.3, 0.4) is 0 Å². The molecule has 0 bridgehead atoms. The SMILES string of the molecule is O=C(Nc1cc(F)c[c-]c1F)c1ccccc1.O=C(Nc1cc(F)c[c-]c1F)c1ccccc1.[C-]1=CC=CC1.[C-]1=CC=CC1.[Ti+4]. The van der Waals surface area contributed by atoms with E-state index in [9.17, 15) is 27.2 Å². The van der Waals surface area contributed by atoms with E-state index in [1.807, 2.05) is 24.3 Å². The average molecular weight is 642 g/mol. The molecule has 2 N–H and O–H groups in total. The predicted octanol–water partition coefficient (Wildman–Crippen LogP) is 8.64. The first-order valence-electron chi connectivity index (χ1n) is 13.2. The van der Waals surface area contributed by atoms with Gasteiger partial charge in [0.15, 0.2) is 0 Å². The van der Waals surface area contributed by atoms with Crippen molar-refractivity contribution in [2.75, 3.05) is 10.6 Å². The van der Waals surface area contributed by atoms with Gasteiger partial charge in [-0.1, -0.05) is 36.4 Å². The number of hydrogen-bond acceptors (Lipinski definition) is 2. The Bertz CT molecular complexity index is 1500. The maximum Gasteiger partial charge on any atom is 4.00 e. The molecule has 0 fully saturated rings. The first-order chi connectivity index (χ1) is 21.3. The Kier molecular flexibility index (Phi) is 16.4. The van der Waals surface area contributed by atoms with Crippen LogP contribution in [-0.4, -0.2) is 11.8 Å². The fraction of sp³-hybridized carbons (Fsp3) is 0.0556. The number of rotatable bonds is 4. The van der Waals surface area contributed by atoms with Crippen molar-refractivity contribution < 1.29 is 48.9 Å². The fourth-order valence-corrected chi connectivity index (χ4v) is 3.34. The molecule has 0 heterocycles. The molecule has 0 aliphatic heterocycles. The molecular weight excluding hydrogens is 616 g/mol. The molecule has 45 heavy (non-hydrogen) atoms. The van der Waals surface area contributed by atoms with Crippen LogP contribution in [0.2, 0.25) is 0 Å². The molecule has 2 aliphatic rings. The number of carbonyl (C=O) groups is 2. The van der Waals surface area contributed by atoms with Gasteiger partial charge < -0.3 is 10.6 Å². The molecule has 0 saturated heterocycles. The number of allylic oxidation sites excluding steroid dienone is 8. The fourth-order valence-electron chi connectivity index (χ4n) is 3.34. The van der Waals surface area contributed by atoms with Gasteiger partial charge >= 0.3 is 21.7 Å². The third-order valence-electron chi connectivity index (χ3n) is 5.45. The standard InChI is InChI=1S/2C13H8F2NO.2C5H5.Ti/c2*14-10-6-7-11(15)12(8-10)16-13(17)9-4-2-1-3-5-9;2*1-2-4-5-3-1;/h2*1-6,8H,(H,16,17);2*1-3H,4H2;/q4*-1;+4. The summed E-state index contributed by atoms with van der Waals surface area (Å²) in [4.78, 5) is 23.3. The van der Waals surface area contributed by atoms with Crippen LogP contribution in [0.15, 0.2) is 121 Å². The van der Waals surface area contributed by atoms with E-state index in [0.717, 1.165) is 37.1 Å². The summed E-state index contributed by atoms with van der Waals surface area (Å²) in [6.45, 7) is 0. The molecule has 9 heteroatoms. The Morgan fingerprint density at radius 3 is 1.27 bits per heavy atom. The molecule has 0 saturated carbocycles. The van der Waals surface area contributed by atoms with E-state index in [-0.39, 0.29) is 33.1 Å². The average Bonchev–Trinajstić information content (AvgIpc) is 3.82. The molecule has 224 valence electrons. The van der Waals surface area contributed by atoms with Crippen LogP contribution in [0, 0.1) is 47.6 Å². The van der Waals surface area contributed by atoms with Gasteiger partial charge in [-0.2, -0.15) is 12.2 Å². The van der Waals surface area contributed by atoms with Gasteiger partial charge in [-0.25, -0.2) is 33.1 Å². The molecule has 0 unspecified atom stereocenters. The smallest absolute Gasteiger partial charge is 0.373 e. The molecule has 2 aliphatic carbocycles. The molecule has 0 aromatic heterocycles. The summed E-state index contributed by atoms with van der Waals surface area (Å²) in [5.41, 5.74) is 0.296. The Balaban J connectivity index is 0.000000235. The zero-order valence-corrected chi connectivity index (χ0v) is 25.4. The summed E-state index contributed by atoms with van der Waals surface area (Å²) in [5.74, 6) is -3.90. The Hall–Kier alpha value is -4.79. The third kappa shape index (κ3) is 13.6. The van der Waals surface area contributed by atoms with Gasteiger partial charge in [0.2, 0.25) is 11.8 Å². The van der Waals surface area contributed by atoms with Gasteiger partial charge in [-0.15, -0.1) is 49.2 Å². The topological polar surface area (TPSA) is 58.2 Å². The van der Waals surface area contributed by atoms with E-state index in [1.54, 1.807) is 60.7 Å². The Morgan fingerprint density at radius 1 is 0.600 bits per heavy atom. The van der Waals surface area contributed by atoms with Crippen LogP contribution in [0.4, 0.5) is 28.9 Å². The van der Waals surface area contributed by atoms with E-state index >= 15 is 0 Å². The largest absolute Gasteiger partial charge is 4.00 e. The van der Waals surface area contributed by atoms with Crippen LogP contribution in [0.5, 0.6) is 0 Å². The number of carbonyl (C=O) groups excluding carboxylic acids is 2. The molecule has 0 spiro atoms. The number of amides is 2. The maximum atomic E-state index is 13.2. The summed E-state index contributed by atoms with van der Waals surface area (Å²) in [6.07, 6.45) is 20.0. The number of hydrogen-bond donors (Lipinski definition) is 2. The van der Waals surface area contributed by atoms with E-state index in [0.29, 0.717) is 11.1 Å². The monoisotopic (exact) mass is 642 g/mol. The summed E-state index contributed by atoms with van der Waals surface area (Å²) >= 11 is 0. The van der Waals surface area contributed by atoms with Gasteiger partial charge in [-0.3, -0.25) is 30.5 Å².